The van der Waals surface area contributed by atoms with Crippen molar-refractivity contribution in [1.29, 1.82) is 0 Å². The number of nitrogens with one attached hydrogen (secondary N) is 2. The monoisotopic (exact) mass is 400 g/mol. The van der Waals surface area contributed by atoms with Gasteiger partial charge in [0.15, 0.2) is 0 Å². The summed E-state index contributed by atoms with van der Waals surface area (Å²) in [4.78, 5) is 40.7. The molecule has 162 valence electrons. The topological polar surface area (TPSA) is 81.8 Å². The van der Waals surface area contributed by atoms with Gasteiger partial charge in [-0.1, -0.05) is 6.92 Å². The molecule has 1 aliphatic rings. The third-order valence-electron chi connectivity index (χ3n) is 5.01. The van der Waals surface area contributed by atoms with Crippen LogP contribution in [0.4, 0.5) is 9.18 Å². The lowest BCUT2D eigenvalue weighted by Gasteiger charge is -2.29. The van der Waals surface area contributed by atoms with Crippen molar-refractivity contribution in [2.45, 2.75) is 45.4 Å². The minimum Gasteiger partial charge on any atom is -0.336 e. The highest BCUT2D eigenvalue weighted by Crippen LogP contribution is 2.28. The van der Waals surface area contributed by atoms with Crippen molar-refractivity contribution in [3.8, 4) is 0 Å². The minimum atomic E-state index is -0.507. The van der Waals surface area contributed by atoms with Crippen LogP contribution in [0.3, 0.4) is 0 Å². The van der Waals surface area contributed by atoms with E-state index >= 15 is 0 Å². The average molecular weight is 401 g/mol. The number of hydrogen-bond donors (Lipinski definition) is 2. The van der Waals surface area contributed by atoms with Crippen LogP contribution < -0.4 is 10.6 Å². The first kappa shape index (κ1) is 24.5. The van der Waals surface area contributed by atoms with Crippen LogP contribution in [-0.2, 0) is 9.59 Å². The largest absolute Gasteiger partial charge is 0.336 e. The van der Waals surface area contributed by atoms with Gasteiger partial charge < -0.3 is 15.5 Å². The normalized spacial score (nSPS) is 18.2. The molecule has 0 bridgehead atoms. The SMILES string of the molecule is CCCN(C(=O)NCCN(C)C)C(=O)C(CNCCF)CC1CCCC(=O)C1. The third kappa shape index (κ3) is 9.10. The number of alkyl halides is 1. The minimum absolute atomic E-state index is 0.155. The number of urea groups is 1. The molecule has 0 aromatic heterocycles. The number of likely N-dealkylation sites (N-methyl/N-ethyl adjacent to an activating group) is 1. The second-order valence-corrected chi connectivity index (χ2v) is 7.85. The van der Waals surface area contributed by atoms with E-state index in [0.29, 0.717) is 51.9 Å². The lowest BCUT2D eigenvalue weighted by atomic mass is 9.81. The van der Waals surface area contributed by atoms with Crippen LogP contribution in [0.25, 0.3) is 0 Å². The second-order valence-electron chi connectivity index (χ2n) is 7.85. The summed E-state index contributed by atoms with van der Waals surface area (Å²) in [7, 11) is 3.83. The molecule has 0 radical (unpaired) electrons. The van der Waals surface area contributed by atoms with Crippen molar-refractivity contribution in [2.75, 3.05) is 53.5 Å². The molecule has 0 saturated heterocycles. The van der Waals surface area contributed by atoms with Crippen molar-refractivity contribution in [3.05, 3.63) is 0 Å². The molecule has 1 aliphatic carbocycles. The molecule has 0 aromatic carbocycles. The lowest BCUT2D eigenvalue weighted by molar-refractivity contribution is -0.133. The first-order chi connectivity index (χ1) is 13.4. The maximum absolute atomic E-state index is 13.2. The van der Waals surface area contributed by atoms with Crippen molar-refractivity contribution in [1.82, 2.24) is 20.4 Å². The number of halogens is 1. The van der Waals surface area contributed by atoms with Crippen molar-refractivity contribution in [2.24, 2.45) is 11.8 Å². The van der Waals surface area contributed by atoms with E-state index in [2.05, 4.69) is 10.6 Å². The molecule has 0 spiro atoms. The first-order valence-corrected chi connectivity index (χ1v) is 10.4. The molecule has 0 heterocycles. The zero-order valence-electron chi connectivity index (χ0n) is 17.6. The van der Waals surface area contributed by atoms with E-state index in [4.69, 9.17) is 0 Å². The summed E-state index contributed by atoms with van der Waals surface area (Å²) in [6.45, 7) is 3.40. The molecule has 1 saturated carbocycles. The Kier molecular flexibility index (Phi) is 11.9. The van der Waals surface area contributed by atoms with E-state index in [1.54, 1.807) is 0 Å². The number of carbonyl (C=O) groups excluding carboxylic acids is 3. The third-order valence-corrected chi connectivity index (χ3v) is 5.01. The fraction of sp³-hybridized carbons (Fsp3) is 0.850. The van der Waals surface area contributed by atoms with Crippen molar-refractivity contribution in [3.63, 3.8) is 0 Å². The van der Waals surface area contributed by atoms with E-state index in [9.17, 15) is 18.8 Å². The molecule has 7 nitrogen and oxygen atoms in total. The van der Waals surface area contributed by atoms with Crippen LogP contribution in [-0.4, -0.2) is 81.0 Å². The van der Waals surface area contributed by atoms with Gasteiger partial charge in [0.1, 0.15) is 12.5 Å². The average Bonchev–Trinajstić information content (AvgIpc) is 2.64. The zero-order chi connectivity index (χ0) is 20.9. The Morgan fingerprint density at radius 3 is 2.61 bits per heavy atom. The molecule has 3 amide bonds. The summed E-state index contributed by atoms with van der Waals surface area (Å²) in [5, 5.41) is 5.77. The van der Waals surface area contributed by atoms with Crippen LogP contribution in [0, 0.1) is 11.8 Å². The van der Waals surface area contributed by atoms with Gasteiger partial charge in [-0.25, -0.2) is 9.18 Å². The summed E-state index contributed by atoms with van der Waals surface area (Å²) in [5.41, 5.74) is 0. The van der Waals surface area contributed by atoms with Crippen molar-refractivity contribution < 1.29 is 18.8 Å². The molecule has 2 atom stereocenters. The Morgan fingerprint density at radius 2 is 2.00 bits per heavy atom. The summed E-state index contributed by atoms with van der Waals surface area (Å²) in [6.07, 6.45) is 4.10. The highest BCUT2D eigenvalue weighted by molar-refractivity contribution is 5.95. The quantitative estimate of drug-likeness (QED) is 0.489. The molecular weight excluding hydrogens is 363 g/mol. The fourth-order valence-electron chi connectivity index (χ4n) is 3.57. The smallest absolute Gasteiger partial charge is 0.324 e. The number of imide groups is 1. The lowest BCUT2D eigenvalue weighted by Crippen LogP contribution is -2.50. The molecule has 1 fully saturated rings. The summed E-state index contributed by atoms with van der Waals surface area (Å²) in [6, 6.07) is -0.385. The Bertz CT molecular complexity index is 502. The maximum Gasteiger partial charge on any atom is 0.324 e. The molecule has 2 N–H and O–H groups in total. The van der Waals surface area contributed by atoms with Gasteiger partial charge >= 0.3 is 6.03 Å². The van der Waals surface area contributed by atoms with Gasteiger partial charge in [-0.15, -0.1) is 0 Å². The maximum atomic E-state index is 13.2. The Balaban J connectivity index is 2.78. The Labute approximate surface area is 168 Å². The standard InChI is InChI=1S/C20H37FN4O3/c1-4-11-25(20(28)23-10-12-24(2)3)19(27)17(15-22-9-8-21)13-16-6-5-7-18(26)14-16/h16-17,22H,4-15H2,1-3H3,(H,23,28). The second kappa shape index (κ2) is 13.6. The van der Waals surface area contributed by atoms with E-state index in [-0.39, 0.29) is 30.2 Å². The number of ketones is 1. The molecule has 28 heavy (non-hydrogen) atoms. The zero-order valence-corrected chi connectivity index (χ0v) is 17.6. The Hall–Kier alpha value is -1.54. The molecule has 0 aliphatic heterocycles. The fourth-order valence-corrected chi connectivity index (χ4v) is 3.57. The van der Waals surface area contributed by atoms with Gasteiger partial charge in [0.2, 0.25) is 5.91 Å². The molecule has 0 aromatic rings. The molecule has 2 unspecified atom stereocenters. The van der Waals surface area contributed by atoms with Gasteiger partial charge in [0, 0.05) is 45.6 Å². The summed E-state index contributed by atoms with van der Waals surface area (Å²) >= 11 is 0. The van der Waals surface area contributed by atoms with Crippen LogP contribution in [0.5, 0.6) is 0 Å². The van der Waals surface area contributed by atoms with Crippen molar-refractivity contribution >= 4 is 17.7 Å². The van der Waals surface area contributed by atoms with E-state index in [1.165, 1.54) is 4.90 Å². The summed E-state index contributed by atoms with van der Waals surface area (Å²) < 4.78 is 12.5. The highest BCUT2D eigenvalue weighted by atomic mass is 19.1. The molecule has 1 rings (SSSR count). The van der Waals surface area contributed by atoms with Gasteiger partial charge in [-0.3, -0.25) is 14.5 Å². The van der Waals surface area contributed by atoms with Gasteiger partial charge in [-0.05, 0) is 45.7 Å². The Morgan fingerprint density at radius 1 is 1.25 bits per heavy atom. The number of hydrogen-bond acceptors (Lipinski definition) is 5. The highest BCUT2D eigenvalue weighted by Gasteiger charge is 2.31. The first-order valence-electron chi connectivity index (χ1n) is 10.4. The molecule has 8 heteroatoms. The number of carbonyl (C=O) groups is 3. The van der Waals surface area contributed by atoms with Gasteiger partial charge in [0.05, 0.1) is 5.92 Å². The van der Waals surface area contributed by atoms with Crippen LogP contribution in [0.1, 0.15) is 45.4 Å². The number of amides is 3. The van der Waals surface area contributed by atoms with Gasteiger partial charge in [0.25, 0.3) is 0 Å². The van der Waals surface area contributed by atoms with Crippen LogP contribution >= 0.6 is 0 Å². The van der Waals surface area contributed by atoms with Gasteiger partial charge in [-0.2, -0.15) is 0 Å². The van der Waals surface area contributed by atoms with E-state index in [1.807, 2.05) is 25.9 Å². The number of Topliss-reactive ketones (excluding diaryl/α,β-unsaturated/α-hetero) is 1. The number of nitrogens with zero attached hydrogens (tertiary/aromatic N) is 2. The van der Waals surface area contributed by atoms with E-state index < -0.39 is 12.6 Å². The molecular formula is C20H37FN4O3. The van der Waals surface area contributed by atoms with Crippen LogP contribution in [0.2, 0.25) is 0 Å². The predicted molar refractivity (Wildman–Crippen MR) is 108 cm³/mol. The predicted octanol–water partition coefficient (Wildman–Crippen LogP) is 1.82. The summed E-state index contributed by atoms with van der Waals surface area (Å²) in [5.74, 6) is -0.282. The number of rotatable bonds is 12. The van der Waals surface area contributed by atoms with Crippen LogP contribution in [0.15, 0.2) is 0 Å². The van der Waals surface area contributed by atoms with E-state index in [0.717, 1.165) is 12.8 Å².